The quantitative estimate of drug-likeness (QED) is 0.877. The number of hydrogen-bond acceptors (Lipinski definition) is 5. The summed E-state index contributed by atoms with van der Waals surface area (Å²) in [6.07, 6.45) is 1.50. The van der Waals surface area contributed by atoms with Crippen LogP contribution in [0, 0.1) is 0 Å². The third-order valence-corrected chi connectivity index (χ3v) is 6.31. The number of amides is 1. The molecule has 24 heavy (non-hydrogen) atoms. The molecule has 0 bridgehead atoms. The lowest BCUT2D eigenvalue weighted by molar-refractivity contribution is 0.0520. The van der Waals surface area contributed by atoms with Gasteiger partial charge in [0, 0.05) is 12.1 Å². The number of carbonyl (C=O) groups is 1. The molecule has 0 unspecified atom stereocenters. The van der Waals surface area contributed by atoms with E-state index in [-0.39, 0.29) is 24.3 Å². The van der Waals surface area contributed by atoms with Crippen molar-refractivity contribution in [1.82, 2.24) is 4.90 Å². The summed E-state index contributed by atoms with van der Waals surface area (Å²) in [4.78, 5) is 14.7. The van der Waals surface area contributed by atoms with E-state index >= 15 is 0 Å². The predicted octanol–water partition coefficient (Wildman–Crippen LogP) is 1.07. The third-order valence-electron chi connectivity index (χ3n) is 4.47. The number of likely N-dealkylation sites (N-methyl/N-ethyl adjacent to an activating group) is 1. The molecule has 0 aliphatic carbocycles. The predicted molar refractivity (Wildman–Crippen MR) is 90.1 cm³/mol. The monoisotopic (exact) mass is 351 g/mol. The standard InChI is InChI=1S/C17H21NO5S/c1-2-18(14-10-23-11-15(14)19)17(20)13-6-3-5-12(9-13)16-7-4-8-24(16,21)22/h3,5-7,9,14-15,19H,2,4,8,10-11H2,1H3/t14-,15-/m1/s1. The fourth-order valence-electron chi connectivity index (χ4n) is 3.21. The zero-order valence-electron chi connectivity index (χ0n) is 13.5. The van der Waals surface area contributed by atoms with Crippen molar-refractivity contribution < 1.29 is 23.1 Å². The van der Waals surface area contributed by atoms with E-state index in [9.17, 15) is 18.3 Å². The molecule has 1 saturated heterocycles. The summed E-state index contributed by atoms with van der Waals surface area (Å²) in [6, 6.07) is 6.29. The largest absolute Gasteiger partial charge is 0.388 e. The van der Waals surface area contributed by atoms with Crippen LogP contribution in [0.1, 0.15) is 29.3 Å². The van der Waals surface area contributed by atoms with Crippen LogP contribution >= 0.6 is 0 Å². The van der Waals surface area contributed by atoms with Crippen molar-refractivity contribution in [3.05, 3.63) is 41.5 Å². The Hall–Kier alpha value is -1.70. The number of hydrogen-bond donors (Lipinski definition) is 1. The number of allylic oxidation sites excluding steroid dienone is 1. The first-order valence-electron chi connectivity index (χ1n) is 8.04. The van der Waals surface area contributed by atoms with Crippen molar-refractivity contribution in [3.63, 3.8) is 0 Å². The van der Waals surface area contributed by atoms with Crippen LogP contribution in [0.3, 0.4) is 0 Å². The highest BCUT2D eigenvalue weighted by molar-refractivity contribution is 8.00. The second-order valence-corrected chi connectivity index (χ2v) is 8.10. The number of nitrogens with zero attached hydrogens (tertiary/aromatic N) is 1. The minimum atomic E-state index is -3.26. The van der Waals surface area contributed by atoms with Crippen LogP contribution in [-0.4, -0.2) is 62.0 Å². The lowest BCUT2D eigenvalue weighted by Crippen LogP contribution is -2.46. The van der Waals surface area contributed by atoms with Crippen LogP contribution in [-0.2, 0) is 14.6 Å². The summed E-state index contributed by atoms with van der Waals surface area (Å²) in [5, 5.41) is 9.97. The molecule has 1 amide bonds. The van der Waals surface area contributed by atoms with Gasteiger partial charge in [-0.15, -0.1) is 0 Å². The van der Waals surface area contributed by atoms with Gasteiger partial charge in [0.2, 0.25) is 0 Å². The molecule has 0 saturated carbocycles. The van der Waals surface area contributed by atoms with Crippen LogP contribution in [0.4, 0.5) is 0 Å². The van der Waals surface area contributed by atoms with Crippen LogP contribution in [0.25, 0.3) is 4.91 Å². The zero-order valence-corrected chi connectivity index (χ0v) is 14.3. The molecule has 1 N–H and O–H groups in total. The molecule has 0 aromatic heterocycles. The number of carbonyl (C=O) groups excluding carboxylic acids is 1. The molecule has 3 rings (SSSR count). The topological polar surface area (TPSA) is 83.9 Å². The van der Waals surface area contributed by atoms with Gasteiger partial charge in [0.15, 0.2) is 9.84 Å². The van der Waals surface area contributed by atoms with Crippen molar-refractivity contribution in [3.8, 4) is 0 Å². The number of sulfone groups is 1. The average Bonchev–Trinajstić information content (AvgIpc) is 3.13. The molecule has 2 heterocycles. The Kier molecular flexibility index (Phi) is 4.76. The van der Waals surface area contributed by atoms with E-state index in [1.807, 2.05) is 6.92 Å². The number of rotatable bonds is 4. The van der Waals surface area contributed by atoms with E-state index in [0.29, 0.717) is 35.6 Å². The summed E-state index contributed by atoms with van der Waals surface area (Å²) < 4.78 is 29.4. The Labute approximate surface area is 141 Å². The molecule has 2 aliphatic rings. The minimum absolute atomic E-state index is 0.118. The fraction of sp³-hybridized carbons (Fsp3) is 0.471. The minimum Gasteiger partial charge on any atom is -0.388 e. The van der Waals surface area contributed by atoms with Gasteiger partial charge in [-0.05, 0) is 31.0 Å². The second kappa shape index (κ2) is 6.66. The number of aliphatic hydroxyl groups excluding tert-OH is 1. The van der Waals surface area contributed by atoms with Crippen LogP contribution in [0.2, 0.25) is 0 Å². The molecule has 6 nitrogen and oxygen atoms in total. The van der Waals surface area contributed by atoms with E-state index in [1.165, 1.54) is 0 Å². The van der Waals surface area contributed by atoms with Crippen molar-refractivity contribution in [2.45, 2.75) is 25.5 Å². The lowest BCUT2D eigenvalue weighted by atomic mass is 10.1. The Morgan fingerprint density at radius 1 is 1.38 bits per heavy atom. The van der Waals surface area contributed by atoms with Gasteiger partial charge in [0.1, 0.15) is 0 Å². The Morgan fingerprint density at radius 3 is 2.75 bits per heavy atom. The van der Waals surface area contributed by atoms with Gasteiger partial charge in [-0.3, -0.25) is 4.79 Å². The molecule has 0 radical (unpaired) electrons. The third kappa shape index (κ3) is 3.11. The van der Waals surface area contributed by atoms with Crippen LogP contribution < -0.4 is 0 Å². The highest BCUT2D eigenvalue weighted by Crippen LogP contribution is 2.29. The first-order chi connectivity index (χ1) is 11.4. The maximum atomic E-state index is 12.8. The molecule has 1 aromatic carbocycles. The number of ether oxygens (including phenoxy) is 1. The van der Waals surface area contributed by atoms with E-state index in [1.54, 1.807) is 35.2 Å². The summed E-state index contributed by atoms with van der Waals surface area (Å²) in [6.45, 7) is 2.81. The smallest absolute Gasteiger partial charge is 0.254 e. The number of aliphatic hydroxyl groups is 1. The van der Waals surface area contributed by atoms with Crippen LogP contribution in [0.15, 0.2) is 30.3 Å². The van der Waals surface area contributed by atoms with Crippen LogP contribution in [0.5, 0.6) is 0 Å². The van der Waals surface area contributed by atoms with Gasteiger partial charge in [-0.2, -0.15) is 0 Å². The maximum absolute atomic E-state index is 12.8. The summed E-state index contributed by atoms with van der Waals surface area (Å²) in [5.74, 6) is -0.113. The Bertz CT molecular complexity index is 771. The van der Waals surface area contributed by atoms with Crippen molar-refractivity contribution in [1.29, 1.82) is 0 Å². The molecule has 1 fully saturated rings. The average molecular weight is 351 g/mol. The molecule has 2 aliphatic heterocycles. The molecule has 7 heteroatoms. The Morgan fingerprint density at radius 2 is 2.17 bits per heavy atom. The molecular weight excluding hydrogens is 330 g/mol. The van der Waals surface area contributed by atoms with Gasteiger partial charge >= 0.3 is 0 Å². The first-order valence-corrected chi connectivity index (χ1v) is 9.69. The molecule has 130 valence electrons. The summed E-state index contributed by atoms with van der Waals surface area (Å²) in [7, 11) is -3.26. The second-order valence-electron chi connectivity index (χ2n) is 6.02. The molecule has 2 atom stereocenters. The van der Waals surface area contributed by atoms with Gasteiger partial charge in [-0.25, -0.2) is 8.42 Å². The lowest BCUT2D eigenvalue weighted by Gasteiger charge is -2.29. The number of benzene rings is 1. The van der Waals surface area contributed by atoms with E-state index in [2.05, 4.69) is 0 Å². The van der Waals surface area contributed by atoms with Crippen molar-refractivity contribution in [2.75, 3.05) is 25.5 Å². The van der Waals surface area contributed by atoms with Gasteiger partial charge < -0.3 is 14.7 Å². The Balaban J connectivity index is 1.89. The summed E-state index contributed by atoms with van der Waals surface area (Å²) in [5.41, 5.74) is 0.953. The zero-order chi connectivity index (χ0) is 17.3. The van der Waals surface area contributed by atoms with Gasteiger partial charge in [-0.1, -0.05) is 18.2 Å². The van der Waals surface area contributed by atoms with E-state index in [4.69, 9.17) is 4.74 Å². The van der Waals surface area contributed by atoms with Gasteiger partial charge in [0.05, 0.1) is 36.0 Å². The summed E-state index contributed by atoms with van der Waals surface area (Å²) >= 11 is 0. The highest BCUT2D eigenvalue weighted by atomic mass is 32.2. The van der Waals surface area contributed by atoms with Crippen molar-refractivity contribution in [2.24, 2.45) is 0 Å². The normalized spacial score (nSPS) is 25.5. The highest BCUT2D eigenvalue weighted by Gasteiger charge is 2.34. The fourth-order valence-corrected chi connectivity index (χ4v) is 4.71. The molecular formula is C17H21NO5S. The first kappa shape index (κ1) is 17.1. The molecule has 0 spiro atoms. The maximum Gasteiger partial charge on any atom is 0.254 e. The van der Waals surface area contributed by atoms with E-state index < -0.39 is 15.9 Å². The van der Waals surface area contributed by atoms with Crippen molar-refractivity contribution >= 4 is 20.6 Å². The molecule has 1 aromatic rings. The van der Waals surface area contributed by atoms with Gasteiger partial charge in [0.25, 0.3) is 5.91 Å². The SMILES string of the molecule is CCN(C(=O)c1cccc(C2=CCCS2(=O)=O)c1)[C@@H]1COC[C@H]1O. The van der Waals surface area contributed by atoms with E-state index in [0.717, 1.165) is 0 Å².